The van der Waals surface area contributed by atoms with Crippen LogP contribution in [0.5, 0.6) is 0 Å². The van der Waals surface area contributed by atoms with Gasteiger partial charge in [-0.1, -0.05) is 44.2 Å². The molecule has 0 atom stereocenters. The molecule has 16 heavy (non-hydrogen) atoms. The quantitative estimate of drug-likeness (QED) is 0.715. The summed E-state index contributed by atoms with van der Waals surface area (Å²) in [5, 5.41) is 3.21. The molecule has 0 aliphatic heterocycles. The summed E-state index contributed by atoms with van der Waals surface area (Å²) in [6.45, 7) is 7.09. The van der Waals surface area contributed by atoms with Crippen molar-refractivity contribution in [2.75, 3.05) is 20.2 Å². The molecule has 1 N–H and O–H groups in total. The number of rotatable bonds is 7. The van der Waals surface area contributed by atoms with Gasteiger partial charge in [0, 0.05) is 13.2 Å². The normalized spacial score (nSPS) is 11.7. The number of ether oxygens (including phenoxy) is 1. The van der Waals surface area contributed by atoms with E-state index in [1.54, 1.807) is 0 Å². The summed E-state index contributed by atoms with van der Waals surface area (Å²) >= 11 is 0. The number of benzene rings is 1. The molecule has 0 saturated carbocycles. The molecule has 1 aromatic carbocycles. The Labute approximate surface area is 99.0 Å². The van der Waals surface area contributed by atoms with Crippen LogP contribution in [-0.2, 0) is 11.3 Å². The maximum Gasteiger partial charge on any atom is 0.0716 e. The molecule has 0 spiro atoms. The van der Waals surface area contributed by atoms with Gasteiger partial charge in [0.2, 0.25) is 0 Å². The fourth-order valence-electron chi connectivity index (χ4n) is 1.68. The second kappa shape index (κ2) is 6.66. The van der Waals surface area contributed by atoms with Gasteiger partial charge < -0.3 is 10.1 Å². The Balaban J connectivity index is 2.17. The predicted molar refractivity (Wildman–Crippen MR) is 68.4 cm³/mol. The molecule has 1 rings (SSSR count). The van der Waals surface area contributed by atoms with Gasteiger partial charge in [-0.25, -0.2) is 0 Å². The number of hydrogen-bond donors (Lipinski definition) is 1. The minimum absolute atomic E-state index is 0.311. The van der Waals surface area contributed by atoms with Gasteiger partial charge in [-0.3, -0.25) is 0 Å². The highest BCUT2D eigenvalue weighted by Gasteiger charge is 2.15. The van der Waals surface area contributed by atoms with E-state index in [0.717, 1.165) is 26.2 Å². The van der Waals surface area contributed by atoms with Gasteiger partial charge in [0.05, 0.1) is 6.61 Å². The van der Waals surface area contributed by atoms with E-state index in [1.165, 1.54) is 5.56 Å². The highest BCUT2D eigenvalue weighted by atomic mass is 16.5. The van der Waals surface area contributed by atoms with Crippen LogP contribution in [0.25, 0.3) is 0 Å². The SMILES string of the molecule is CNCC(C)(C)CCOCc1ccccc1. The van der Waals surface area contributed by atoms with Crippen LogP contribution in [-0.4, -0.2) is 20.2 Å². The molecular weight excluding hydrogens is 198 g/mol. The molecule has 0 radical (unpaired) electrons. The fraction of sp³-hybridized carbons (Fsp3) is 0.571. The average molecular weight is 221 g/mol. The molecule has 0 amide bonds. The summed E-state index contributed by atoms with van der Waals surface area (Å²) in [4.78, 5) is 0. The first-order chi connectivity index (χ1) is 7.64. The van der Waals surface area contributed by atoms with Crippen molar-refractivity contribution in [3.05, 3.63) is 35.9 Å². The lowest BCUT2D eigenvalue weighted by Gasteiger charge is -2.23. The molecule has 0 aromatic heterocycles. The summed E-state index contributed by atoms with van der Waals surface area (Å²) in [6, 6.07) is 10.3. The third-order valence-corrected chi connectivity index (χ3v) is 2.69. The zero-order valence-electron chi connectivity index (χ0n) is 10.6. The molecule has 0 aliphatic carbocycles. The minimum Gasteiger partial charge on any atom is -0.377 e. The Morgan fingerprint density at radius 2 is 1.88 bits per heavy atom. The van der Waals surface area contributed by atoms with Gasteiger partial charge >= 0.3 is 0 Å². The van der Waals surface area contributed by atoms with Crippen molar-refractivity contribution < 1.29 is 4.74 Å². The maximum absolute atomic E-state index is 5.67. The van der Waals surface area contributed by atoms with Gasteiger partial charge in [-0.05, 0) is 24.4 Å². The van der Waals surface area contributed by atoms with Gasteiger partial charge in [0.25, 0.3) is 0 Å². The number of nitrogens with one attached hydrogen (secondary N) is 1. The van der Waals surface area contributed by atoms with Crippen LogP contribution in [0.2, 0.25) is 0 Å². The summed E-state index contributed by atoms with van der Waals surface area (Å²) in [6.07, 6.45) is 1.08. The van der Waals surface area contributed by atoms with Crippen molar-refractivity contribution in [1.82, 2.24) is 5.32 Å². The minimum atomic E-state index is 0.311. The Bertz CT molecular complexity index is 282. The van der Waals surface area contributed by atoms with E-state index in [2.05, 4.69) is 31.3 Å². The molecule has 90 valence electrons. The zero-order chi connectivity index (χ0) is 11.9. The molecule has 0 saturated heterocycles. The van der Waals surface area contributed by atoms with E-state index in [1.807, 2.05) is 25.2 Å². The topological polar surface area (TPSA) is 21.3 Å². The first-order valence-corrected chi connectivity index (χ1v) is 5.90. The van der Waals surface area contributed by atoms with Crippen LogP contribution < -0.4 is 5.32 Å². The third kappa shape index (κ3) is 5.29. The van der Waals surface area contributed by atoms with E-state index >= 15 is 0 Å². The molecule has 1 aromatic rings. The van der Waals surface area contributed by atoms with Crippen LogP contribution in [0.15, 0.2) is 30.3 Å². The summed E-state index contributed by atoms with van der Waals surface area (Å²) < 4.78 is 5.67. The fourth-order valence-corrected chi connectivity index (χ4v) is 1.68. The van der Waals surface area contributed by atoms with Crippen LogP contribution in [0.4, 0.5) is 0 Å². The van der Waals surface area contributed by atoms with Crippen molar-refractivity contribution in [3.63, 3.8) is 0 Å². The van der Waals surface area contributed by atoms with Gasteiger partial charge in [-0.2, -0.15) is 0 Å². The van der Waals surface area contributed by atoms with Crippen LogP contribution in [0, 0.1) is 5.41 Å². The van der Waals surface area contributed by atoms with E-state index in [9.17, 15) is 0 Å². The first-order valence-electron chi connectivity index (χ1n) is 5.90. The van der Waals surface area contributed by atoms with Crippen molar-refractivity contribution >= 4 is 0 Å². The van der Waals surface area contributed by atoms with Crippen LogP contribution in [0.3, 0.4) is 0 Å². The van der Waals surface area contributed by atoms with Crippen LogP contribution in [0.1, 0.15) is 25.8 Å². The number of hydrogen-bond acceptors (Lipinski definition) is 2. The second-order valence-electron chi connectivity index (χ2n) is 4.98. The molecule has 0 aliphatic rings. The lowest BCUT2D eigenvalue weighted by Crippen LogP contribution is -2.27. The van der Waals surface area contributed by atoms with Crippen molar-refractivity contribution in [2.45, 2.75) is 26.9 Å². The molecule has 0 fully saturated rings. The van der Waals surface area contributed by atoms with Crippen LogP contribution >= 0.6 is 0 Å². The molecule has 2 nitrogen and oxygen atoms in total. The Kier molecular flexibility index (Phi) is 5.50. The lowest BCUT2D eigenvalue weighted by atomic mass is 9.90. The smallest absolute Gasteiger partial charge is 0.0716 e. The van der Waals surface area contributed by atoms with E-state index in [4.69, 9.17) is 4.74 Å². The molecular formula is C14H23NO. The Morgan fingerprint density at radius 3 is 2.50 bits per heavy atom. The van der Waals surface area contributed by atoms with Gasteiger partial charge in [0.1, 0.15) is 0 Å². The zero-order valence-corrected chi connectivity index (χ0v) is 10.6. The van der Waals surface area contributed by atoms with E-state index in [0.29, 0.717) is 5.41 Å². The van der Waals surface area contributed by atoms with E-state index in [-0.39, 0.29) is 0 Å². The lowest BCUT2D eigenvalue weighted by molar-refractivity contribution is 0.0923. The predicted octanol–water partition coefficient (Wildman–Crippen LogP) is 2.84. The summed E-state index contributed by atoms with van der Waals surface area (Å²) in [5.74, 6) is 0. The molecule has 0 heterocycles. The van der Waals surface area contributed by atoms with Gasteiger partial charge in [0.15, 0.2) is 0 Å². The molecule has 0 bridgehead atoms. The average Bonchev–Trinajstić information content (AvgIpc) is 2.26. The maximum atomic E-state index is 5.67. The van der Waals surface area contributed by atoms with E-state index < -0.39 is 0 Å². The Morgan fingerprint density at radius 1 is 1.19 bits per heavy atom. The summed E-state index contributed by atoms with van der Waals surface area (Å²) in [7, 11) is 1.99. The standard InChI is InChI=1S/C14H23NO/c1-14(2,12-15-3)9-10-16-11-13-7-5-4-6-8-13/h4-8,15H,9-12H2,1-3H3. The third-order valence-electron chi connectivity index (χ3n) is 2.69. The van der Waals surface area contributed by atoms with Crippen molar-refractivity contribution in [2.24, 2.45) is 5.41 Å². The second-order valence-corrected chi connectivity index (χ2v) is 4.98. The largest absolute Gasteiger partial charge is 0.377 e. The molecule has 0 unspecified atom stereocenters. The van der Waals surface area contributed by atoms with Gasteiger partial charge in [-0.15, -0.1) is 0 Å². The first kappa shape index (κ1) is 13.2. The Hall–Kier alpha value is -0.860. The summed E-state index contributed by atoms with van der Waals surface area (Å²) in [5.41, 5.74) is 1.56. The highest BCUT2D eigenvalue weighted by Crippen LogP contribution is 2.18. The molecule has 2 heteroatoms. The monoisotopic (exact) mass is 221 g/mol. The highest BCUT2D eigenvalue weighted by molar-refractivity contribution is 5.13. The van der Waals surface area contributed by atoms with Crippen molar-refractivity contribution in [1.29, 1.82) is 0 Å². The van der Waals surface area contributed by atoms with Crippen molar-refractivity contribution in [3.8, 4) is 0 Å².